The van der Waals surface area contributed by atoms with Gasteiger partial charge in [-0.15, -0.1) is 15.3 Å². The molecule has 0 unspecified atom stereocenters. The zero-order valence-corrected chi connectivity index (χ0v) is 14.8. The van der Waals surface area contributed by atoms with E-state index in [0.29, 0.717) is 23.2 Å². The number of nitrogens with one attached hydrogen (secondary N) is 1. The second kappa shape index (κ2) is 6.45. The van der Waals surface area contributed by atoms with E-state index in [4.69, 9.17) is 4.42 Å². The fourth-order valence-electron chi connectivity index (χ4n) is 3.45. The number of rotatable bonds is 3. The van der Waals surface area contributed by atoms with Crippen molar-refractivity contribution in [3.05, 3.63) is 64.8 Å². The van der Waals surface area contributed by atoms with E-state index in [1.54, 1.807) is 35.1 Å². The van der Waals surface area contributed by atoms with Crippen molar-refractivity contribution in [1.29, 1.82) is 0 Å². The summed E-state index contributed by atoms with van der Waals surface area (Å²) in [7, 11) is 0. The third-order valence-corrected chi connectivity index (χ3v) is 4.85. The van der Waals surface area contributed by atoms with Crippen LogP contribution < -0.4 is 15.6 Å². The number of carbonyl (C=O) groups is 1. The number of anilines is 1. The minimum absolute atomic E-state index is 0.0196. The number of hydrogen-bond donors (Lipinski definition) is 1. The van der Waals surface area contributed by atoms with Crippen molar-refractivity contribution in [2.75, 3.05) is 18.0 Å². The van der Waals surface area contributed by atoms with Gasteiger partial charge in [0.05, 0.1) is 5.39 Å². The second-order valence-corrected chi connectivity index (χ2v) is 6.70. The van der Waals surface area contributed by atoms with E-state index in [1.807, 2.05) is 12.1 Å². The molecule has 9 nitrogen and oxygen atoms in total. The summed E-state index contributed by atoms with van der Waals surface area (Å²) in [6.07, 6.45) is 2.32. The number of nitrogens with zero attached hydrogens (tertiary/aromatic N) is 5. The highest BCUT2D eigenvalue weighted by Crippen LogP contribution is 2.19. The van der Waals surface area contributed by atoms with Crippen molar-refractivity contribution >= 4 is 28.3 Å². The van der Waals surface area contributed by atoms with Gasteiger partial charge in [0.15, 0.2) is 16.8 Å². The average molecular weight is 376 g/mol. The monoisotopic (exact) mass is 376 g/mol. The Kier molecular flexibility index (Phi) is 3.78. The molecule has 1 aromatic carbocycles. The van der Waals surface area contributed by atoms with Crippen LogP contribution in [0.5, 0.6) is 0 Å². The predicted octanol–water partition coefficient (Wildman–Crippen LogP) is 1.24. The Bertz CT molecular complexity index is 1250. The lowest BCUT2D eigenvalue weighted by atomic mass is 10.2. The number of fused-ring (bicyclic) bond motifs is 2. The normalized spacial score (nSPS) is 16.7. The molecule has 0 spiro atoms. The molecule has 5 rings (SSSR count). The van der Waals surface area contributed by atoms with E-state index < -0.39 is 5.91 Å². The number of carbonyl (C=O) groups excluding carboxylic acids is 1. The first-order chi connectivity index (χ1) is 13.7. The molecule has 140 valence electrons. The third kappa shape index (κ3) is 2.86. The van der Waals surface area contributed by atoms with Crippen molar-refractivity contribution in [1.82, 2.24) is 25.1 Å². The number of amides is 1. The van der Waals surface area contributed by atoms with E-state index in [0.717, 1.165) is 18.8 Å². The molecule has 1 N–H and O–H groups in total. The van der Waals surface area contributed by atoms with E-state index in [9.17, 15) is 9.59 Å². The van der Waals surface area contributed by atoms with Crippen molar-refractivity contribution in [2.45, 2.75) is 12.5 Å². The Labute approximate surface area is 158 Å². The predicted molar refractivity (Wildman–Crippen MR) is 101 cm³/mol. The van der Waals surface area contributed by atoms with E-state index in [1.165, 1.54) is 6.07 Å². The fraction of sp³-hybridized carbons (Fsp3) is 0.211. The fourth-order valence-corrected chi connectivity index (χ4v) is 3.45. The second-order valence-electron chi connectivity index (χ2n) is 6.70. The molecule has 1 saturated heterocycles. The Morgan fingerprint density at radius 1 is 1.21 bits per heavy atom. The van der Waals surface area contributed by atoms with Gasteiger partial charge in [0.2, 0.25) is 0 Å². The molecular weight excluding hydrogens is 360 g/mol. The van der Waals surface area contributed by atoms with Crippen LogP contribution in [-0.2, 0) is 0 Å². The van der Waals surface area contributed by atoms with Crippen LogP contribution >= 0.6 is 0 Å². The SMILES string of the molecule is O=C(N[C@H]1CCN(c2ccc3nncn3n2)C1)c1cc(=O)c2ccccc2o1. The summed E-state index contributed by atoms with van der Waals surface area (Å²) in [4.78, 5) is 26.9. The molecule has 4 aromatic rings. The Balaban J connectivity index is 1.31. The summed E-state index contributed by atoms with van der Waals surface area (Å²) in [5, 5.41) is 15.7. The number of para-hydroxylation sites is 1. The molecule has 28 heavy (non-hydrogen) atoms. The Hall–Kier alpha value is -3.75. The summed E-state index contributed by atoms with van der Waals surface area (Å²) in [5.41, 5.74) is 0.852. The van der Waals surface area contributed by atoms with Gasteiger partial charge < -0.3 is 14.6 Å². The lowest BCUT2D eigenvalue weighted by molar-refractivity contribution is 0.0913. The molecule has 4 heterocycles. The van der Waals surface area contributed by atoms with Gasteiger partial charge in [0.25, 0.3) is 5.91 Å². The highest BCUT2D eigenvalue weighted by molar-refractivity contribution is 5.93. The maximum absolute atomic E-state index is 12.6. The molecule has 1 atom stereocenters. The van der Waals surface area contributed by atoms with E-state index in [2.05, 4.69) is 25.5 Å². The standard InChI is InChI=1S/C19H16N6O3/c26-14-9-16(28-15-4-2-1-3-13(14)15)19(27)21-12-7-8-24(10-12)18-6-5-17-22-20-11-25(17)23-18/h1-6,9,11-12H,7-8,10H2,(H,21,27)/t12-/m0/s1. The van der Waals surface area contributed by atoms with Gasteiger partial charge in [-0.2, -0.15) is 4.52 Å². The topological polar surface area (TPSA) is 106 Å². The van der Waals surface area contributed by atoms with Crippen LogP contribution in [0.25, 0.3) is 16.6 Å². The Morgan fingerprint density at radius 2 is 2.11 bits per heavy atom. The molecule has 1 aliphatic rings. The first kappa shape index (κ1) is 16.4. The van der Waals surface area contributed by atoms with Gasteiger partial charge in [0.1, 0.15) is 17.7 Å². The lowest BCUT2D eigenvalue weighted by Gasteiger charge is -2.17. The van der Waals surface area contributed by atoms with Crippen LogP contribution in [-0.4, -0.2) is 44.8 Å². The number of aromatic nitrogens is 4. The summed E-state index contributed by atoms with van der Waals surface area (Å²) in [6, 6.07) is 11.8. The van der Waals surface area contributed by atoms with E-state index >= 15 is 0 Å². The molecule has 3 aromatic heterocycles. The quantitative estimate of drug-likeness (QED) is 0.573. The molecule has 1 amide bonds. The molecular formula is C19H16N6O3. The largest absolute Gasteiger partial charge is 0.451 e. The van der Waals surface area contributed by atoms with E-state index in [-0.39, 0.29) is 17.2 Å². The Morgan fingerprint density at radius 3 is 3.04 bits per heavy atom. The van der Waals surface area contributed by atoms with Crippen LogP contribution in [0.2, 0.25) is 0 Å². The van der Waals surface area contributed by atoms with Crippen molar-refractivity contribution in [2.24, 2.45) is 0 Å². The van der Waals surface area contributed by atoms with Crippen molar-refractivity contribution in [3.8, 4) is 0 Å². The van der Waals surface area contributed by atoms with Crippen LogP contribution in [0.4, 0.5) is 5.82 Å². The average Bonchev–Trinajstić information content (AvgIpc) is 3.36. The third-order valence-electron chi connectivity index (χ3n) is 4.85. The van der Waals surface area contributed by atoms with Crippen molar-refractivity contribution < 1.29 is 9.21 Å². The smallest absolute Gasteiger partial charge is 0.287 e. The molecule has 0 saturated carbocycles. The van der Waals surface area contributed by atoms with Crippen LogP contribution in [0.15, 0.2) is 58.0 Å². The summed E-state index contributed by atoms with van der Waals surface area (Å²) in [5.74, 6) is 0.421. The summed E-state index contributed by atoms with van der Waals surface area (Å²) >= 11 is 0. The molecule has 0 radical (unpaired) electrons. The van der Waals surface area contributed by atoms with Crippen LogP contribution in [0.3, 0.4) is 0 Å². The van der Waals surface area contributed by atoms with Gasteiger partial charge in [-0.05, 0) is 30.7 Å². The molecule has 1 fully saturated rings. The molecule has 0 bridgehead atoms. The summed E-state index contributed by atoms with van der Waals surface area (Å²) < 4.78 is 7.23. The first-order valence-corrected chi connectivity index (χ1v) is 8.93. The molecule has 0 aliphatic carbocycles. The van der Waals surface area contributed by atoms with Gasteiger partial charge in [-0.25, -0.2) is 0 Å². The highest BCUT2D eigenvalue weighted by atomic mass is 16.3. The number of benzene rings is 1. The molecule has 1 aliphatic heterocycles. The zero-order chi connectivity index (χ0) is 19.1. The minimum atomic E-state index is -0.392. The van der Waals surface area contributed by atoms with Gasteiger partial charge in [0, 0.05) is 25.2 Å². The van der Waals surface area contributed by atoms with Crippen LogP contribution in [0.1, 0.15) is 17.0 Å². The number of hydrogen-bond acceptors (Lipinski definition) is 7. The summed E-state index contributed by atoms with van der Waals surface area (Å²) in [6.45, 7) is 1.37. The first-order valence-electron chi connectivity index (χ1n) is 8.93. The maximum Gasteiger partial charge on any atom is 0.287 e. The zero-order valence-electron chi connectivity index (χ0n) is 14.8. The molecule has 9 heteroatoms. The minimum Gasteiger partial charge on any atom is -0.451 e. The maximum atomic E-state index is 12.6. The van der Waals surface area contributed by atoms with Gasteiger partial charge in [-0.1, -0.05) is 12.1 Å². The van der Waals surface area contributed by atoms with Crippen LogP contribution in [0, 0.1) is 0 Å². The highest BCUT2D eigenvalue weighted by Gasteiger charge is 2.26. The van der Waals surface area contributed by atoms with Gasteiger partial charge >= 0.3 is 0 Å². The van der Waals surface area contributed by atoms with Gasteiger partial charge in [-0.3, -0.25) is 9.59 Å². The van der Waals surface area contributed by atoms with Crippen molar-refractivity contribution in [3.63, 3.8) is 0 Å². The lowest BCUT2D eigenvalue weighted by Crippen LogP contribution is -2.37.